The van der Waals surface area contributed by atoms with Crippen LogP contribution in [0, 0.1) is 0 Å². The predicted octanol–water partition coefficient (Wildman–Crippen LogP) is 2.08. The molecule has 0 bridgehead atoms. The molecule has 1 N–H and O–H groups in total. The lowest BCUT2D eigenvalue weighted by molar-refractivity contribution is 0.911. The molecular formula is C8H15N. The molecular weight excluding hydrogens is 110 g/mol. The largest absolute Gasteiger partial charge is 0.391 e. The van der Waals surface area contributed by atoms with E-state index < -0.39 is 0 Å². The fourth-order valence-corrected chi connectivity index (χ4v) is 0.574. The van der Waals surface area contributed by atoms with E-state index >= 15 is 0 Å². The minimum atomic E-state index is 0.995. The van der Waals surface area contributed by atoms with E-state index in [0.29, 0.717) is 0 Å². The van der Waals surface area contributed by atoms with Crippen LogP contribution in [-0.4, -0.2) is 6.54 Å². The van der Waals surface area contributed by atoms with E-state index in [1.807, 2.05) is 19.2 Å². The molecule has 0 aliphatic carbocycles. The van der Waals surface area contributed by atoms with Crippen molar-refractivity contribution in [2.24, 2.45) is 0 Å². The highest BCUT2D eigenvalue weighted by Gasteiger charge is 1.75. The van der Waals surface area contributed by atoms with Crippen molar-refractivity contribution in [3.8, 4) is 0 Å². The quantitative estimate of drug-likeness (QED) is 0.569. The zero-order valence-corrected chi connectivity index (χ0v) is 6.44. The Labute approximate surface area is 57.5 Å². The van der Waals surface area contributed by atoms with Crippen LogP contribution in [0.1, 0.15) is 20.8 Å². The Balaban J connectivity index is 3.55. The SMILES string of the molecule is C/C=C\C(C)=C/NCC. The first kappa shape index (κ1) is 8.28. The third-order valence-electron chi connectivity index (χ3n) is 0.963. The molecule has 1 heteroatoms. The van der Waals surface area contributed by atoms with Crippen molar-refractivity contribution in [3.05, 3.63) is 23.9 Å². The first-order valence-electron chi connectivity index (χ1n) is 3.34. The third-order valence-corrected chi connectivity index (χ3v) is 0.963. The van der Waals surface area contributed by atoms with Crippen molar-refractivity contribution < 1.29 is 0 Å². The molecule has 0 heterocycles. The second-order valence-corrected chi connectivity index (χ2v) is 1.95. The van der Waals surface area contributed by atoms with Crippen LogP contribution in [0.15, 0.2) is 23.9 Å². The molecule has 52 valence electrons. The summed E-state index contributed by atoms with van der Waals surface area (Å²) in [6.45, 7) is 7.17. The van der Waals surface area contributed by atoms with E-state index in [9.17, 15) is 0 Å². The van der Waals surface area contributed by atoms with Gasteiger partial charge in [-0.05, 0) is 32.5 Å². The molecule has 0 spiro atoms. The zero-order valence-electron chi connectivity index (χ0n) is 6.44. The molecule has 9 heavy (non-hydrogen) atoms. The second kappa shape index (κ2) is 5.42. The van der Waals surface area contributed by atoms with E-state index in [0.717, 1.165) is 6.54 Å². The topological polar surface area (TPSA) is 12.0 Å². The van der Waals surface area contributed by atoms with Crippen LogP contribution in [0.2, 0.25) is 0 Å². The van der Waals surface area contributed by atoms with Gasteiger partial charge in [-0.1, -0.05) is 12.2 Å². The Morgan fingerprint density at radius 1 is 1.56 bits per heavy atom. The van der Waals surface area contributed by atoms with E-state index in [1.165, 1.54) is 5.57 Å². The summed E-state index contributed by atoms with van der Waals surface area (Å²) in [5.74, 6) is 0. The van der Waals surface area contributed by atoms with Gasteiger partial charge in [-0.15, -0.1) is 0 Å². The van der Waals surface area contributed by atoms with Crippen LogP contribution in [0.3, 0.4) is 0 Å². The van der Waals surface area contributed by atoms with Gasteiger partial charge in [0.1, 0.15) is 0 Å². The summed E-state index contributed by atoms with van der Waals surface area (Å²) in [4.78, 5) is 0. The minimum absolute atomic E-state index is 0.995. The van der Waals surface area contributed by atoms with Crippen LogP contribution in [0.25, 0.3) is 0 Å². The van der Waals surface area contributed by atoms with Gasteiger partial charge in [0, 0.05) is 6.54 Å². The van der Waals surface area contributed by atoms with Gasteiger partial charge >= 0.3 is 0 Å². The molecule has 0 unspecified atom stereocenters. The Bertz CT molecular complexity index is 112. The molecule has 0 aromatic heterocycles. The van der Waals surface area contributed by atoms with Crippen LogP contribution >= 0.6 is 0 Å². The summed E-state index contributed by atoms with van der Waals surface area (Å²) in [5, 5.41) is 3.12. The maximum absolute atomic E-state index is 3.12. The number of hydrogen-bond acceptors (Lipinski definition) is 1. The van der Waals surface area contributed by atoms with Crippen LogP contribution in [-0.2, 0) is 0 Å². The van der Waals surface area contributed by atoms with Crippen molar-refractivity contribution in [3.63, 3.8) is 0 Å². The average molecular weight is 125 g/mol. The summed E-state index contributed by atoms with van der Waals surface area (Å²) in [7, 11) is 0. The Morgan fingerprint density at radius 3 is 2.67 bits per heavy atom. The molecule has 0 fully saturated rings. The number of nitrogens with one attached hydrogen (secondary N) is 1. The van der Waals surface area contributed by atoms with Crippen molar-refractivity contribution in [1.82, 2.24) is 5.32 Å². The summed E-state index contributed by atoms with van der Waals surface area (Å²) in [6.07, 6.45) is 6.12. The van der Waals surface area contributed by atoms with Gasteiger partial charge < -0.3 is 5.32 Å². The van der Waals surface area contributed by atoms with Gasteiger partial charge in [-0.25, -0.2) is 0 Å². The van der Waals surface area contributed by atoms with Crippen molar-refractivity contribution in [2.75, 3.05) is 6.54 Å². The van der Waals surface area contributed by atoms with Gasteiger partial charge in [0.05, 0.1) is 0 Å². The maximum Gasteiger partial charge on any atom is 0.0113 e. The first-order valence-corrected chi connectivity index (χ1v) is 3.34. The highest BCUT2D eigenvalue weighted by molar-refractivity contribution is 5.13. The lowest BCUT2D eigenvalue weighted by Crippen LogP contribution is -2.02. The summed E-state index contributed by atoms with van der Waals surface area (Å²) in [5.41, 5.74) is 1.26. The average Bonchev–Trinajstić information content (AvgIpc) is 1.85. The summed E-state index contributed by atoms with van der Waals surface area (Å²) >= 11 is 0. The van der Waals surface area contributed by atoms with Gasteiger partial charge in [-0.3, -0.25) is 0 Å². The number of hydrogen-bond donors (Lipinski definition) is 1. The molecule has 0 atom stereocenters. The monoisotopic (exact) mass is 125 g/mol. The lowest BCUT2D eigenvalue weighted by atomic mass is 10.3. The third kappa shape index (κ3) is 5.15. The van der Waals surface area contributed by atoms with Gasteiger partial charge in [0.25, 0.3) is 0 Å². The molecule has 0 aromatic rings. The zero-order chi connectivity index (χ0) is 7.11. The maximum atomic E-state index is 3.12. The fourth-order valence-electron chi connectivity index (χ4n) is 0.574. The normalized spacial score (nSPS) is 12.6. The van der Waals surface area contributed by atoms with Crippen molar-refractivity contribution in [2.45, 2.75) is 20.8 Å². The molecule has 1 nitrogen and oxygen atoms in total. The van der Waals surface area contributed by atoms with Gasteiger partial charge in [0.2, 0.25) is 0 Å². The molecule has 0 radical (unpaired) electrons. The van der Waals surface area contributed by atoms with Gasteiger partial charge in [0.15, 0.2) is 0 Å². The molecule has 0 rings (SSSR count). The Kier molecular flexibility index (Phi) is 4.98. The number of rotatable bonds is 3. The summed E-state index contributed by atoms with van der Waals surface area (Å²) < 4.78 is 0. The van der Waals surface area contributed by atoms with Crippen molar-refractivity contribution >= 4 is 0 Å². The highest BCUT2D eigenvalue weighted by Crippen LogP contribution is 1.90. The van der Waals surface area contributed by atoms with Crippen LogP contribution in [0.4, 0.5) is 0 Å². The molecule has 0 aromatic carbocycles. The van der Waals surface area contributed by atoms with Crippen LogP contribution < -0.4 is 5.32 Å². The molecule has 0 saturated carbocycles. The first-order chi connectivity index (χ1) is 4.31. The number of allylic oxidation sites excluding steroid dienone is 3. The molecule has 0 amide bonds. The van der Waals surface area contributed by atoms with E-state index in [-0.39, 0.29) is 0 Å². The van der Waals surface area contributed by atoms with E-state index in [2.05, 4.69) is 25.2 Å². The standard InChI is InChI=1S/C8H15N/c1-4-6-8(3)7-9-5-2/h4,6-7,9H,5H2,1-3H3/b6-4-,8-7-. The minimum Gasteiger partial charge on any atom is -0.391 e. The Morgan fingerprint density at radius 2 is 2.22 bits per heavy atom. The highest BCUT2D eigenvalue weighted by atomic mass is 14.8. The van der Waals surface area contributed by atoms with E-state index in [1.54, 1.807) is 0 Å². The van der Waals surface area contributed by atoms with E-state index in [4.69, 9.17) is 0 Å². The molecule has 0 saturated heterocycles. The summed E-state index contributed by atoms with van der Waals surface area (Å²) in [6, 6.07) is 0. The fraction of sp³-hybridized carbons (Fsp3) is 0.500. The van der Waals surface area contributed by atoms with Gasteiger partial charge in [-0.2, -0.15) is 0 Å². The smallest absolute Gasteiger partial charge is 0.0113 e. The second-order valence-electron chi connectivity index (χ2n) is 1.95. The van der Waals surface area contributed by atoms with Crippen LogP contribution in [0.5, 0.6) is 0 Å². The molecule has 0 aliphatic rings. The Hall–Kier alpha value is -0.720. The molecule has 0 aliphatic heterocycles. The lowest BCUT2D eigenvalue weighted by Gasteiger charge is -1.93. The van der Waals surface area contributed by atoms with Crippen molar-refractivity contribution in [1.29, 1.82) is 0 Å². The predicted molar refractivity (Wildman–Crippen MR) is 42.2 cm³/mol.